The molecule has 2 aromatic rings. The lowest BCUT2D eigenvalue weighted by Gasteiger charge is -2.06. The van der Waals surface area contributed by atoms with E-state index >= 15 is 0 Å². The standard InChI is InChI=1S/C16H26O3S.C15H24O3S/c1-2-3-4-5-6-7-8-9-12-15-13-10-11-14-16(15)20(17,18)19;1-2-3-4-5-6-7-8-11-14-12-9-10-13-15(14)19(16,17)18/h10-11,13-14H,2-9,12H2,1H3,(H,17,18,19);9-10,12-13H,2-8,11H2,1H3,(H,16,17,18). The van der Waals surface area contributed by atoms with Crippen molar-refractivity contribution >= 4 is 20.2 Å². The van der Waals surface area contributed by atoms with Crippen LogP contribution in [0.15, 0.2) is 58.3 Å². The number of unbranched alkanes of at least 4 members (excludes halogenated alkanes) is 13. The Balaban J connectivity index is 0.000000391. The van der Waals surface area contributed by atoms with Gasteiger partial charge < -0.3 is 0 Å². The van der Waals surface area contributed by atoms with E-state index in [9.17, 15) is 16.8 Å². The molecule has 0 aliphatic heterocycles. The fourth-order valence-corrected chi connectivity index (χ4v) is 6.15. The van der Waals surface area contributed by atoms with Crippen molar-refractivity contribution in [2.24, 2.45) is 0 Å². The van der Waals surface area contributed by atoms with E-state index in [1.807, 2.05) is 12.1 Å². The maximum Gasteiger partial charge on any atom is 0.294 e. The highest BCUT2D eigenvalue weighted by Crippen LogP contribution is 2.19. The summed E-state index contributed by atoms with van der Waals surface area (Å²) < 4.78 is 63.2. The van der Waals surface area contributed by atoms with E-state index in [-0.39, 0.29) is 9.79 Å². The van der Waals surface area contributed by atoms with E-state index < -0.39 is 20.2 Å². The first-order chi connectivity index (χ1) is 18.6. The second-order valence-corrected chi connectivity index (χ2v) is 13.0. The summed E-state index contributed by atoms with van der Waals surface area (Å²) in [4.78, 5) is 0.115. The molecule has 0 fully saturated rings. The van der Waals surface area contributed by atoms with Gasteiger partial charge >= 0.3 is 0 Å². The lowest BCUT2D eigenvalue weighted by Crippen LogP contribution is -2.03. The van der Waals surface area contributed by atoms with Crippen molar-refractivity contribution in [3.8, 4) is 0 Å². The summed E-state index contributed by atoms with van der Waals surface area (Å²) in [5.74, 6) is 0. The van der Waals surface area contributed by atoms with Crippen LogP contribution in [0.3, 0.4) is 0 Å². The minimum absolute atomic E-state index is 0.0565. The lowest BCUT2D eigenvalue weighted by molar-refractivity contribution is 0.479. The average Bonchev–Trinajstić information content (AvgIpc) is 2.89. The van der Waals surface area contributed by atoms with E-state index in [4.69, 9.17) is 9.11 Å². The van der Waals surface area contributed by atoms with Gasteiger partial charge in [0, 0.05) is 0 Å². The predicted octanol–water partition coefficient (Wildman–Crippen LogP) is 8.84. The quantitative estimate of drug-likeness (QED) is 0.126. The Morgan fingerprint density at radius 2 is 0.744 bits per heavy atom. The summed E-state index contributed by atoms with van der Waals surface area (Å²) in [6.45, 7) is 4.42. The third-order valence-electron chi connectivity index (χ3n) is 6.85. The molecule has 8 heteroatoms. The SMILES string of the molecule is CCCCCCCCCCc1ccccc1S(=O)(=O)O.CCCCCCCCCc1ccccc1S(=O)(=O)O. The van der Waals surface area contributed by atoms with Crippen LogP contribution in [0.5, 0.6) is 0 Å². The van der Waals surface area contributed by atoms with Crippen LogP contribution in [0, 0.1) is 0 Å². The fourth-order valence-electron chi connectivity index (χ4n) is 4.65. The normalized spacial score (nSPS) is 11.7. The molecular formula is C31H50O6S2. The Kier molecular flexibility index (Phi) is 18.3. The summed E-state index contributed by atoms with van der Waals surface area (Å²) in [5.41, 5.74) is 1.44. The molecule has 0 amide bonds. The molecule has 0 aromatic heterocycles. The van der Waals surface area contributed by atoms with Gasteiger partial charge in [-0.1, -0.05) is 134 Å². The van der Waals surface area contributed by atoms with Crippen LogP contribution in [0.1, 0.15) is 121 Å². The molecule has 39 heavy (non-hydrogen) atoms. The van der Waals surface area contributed by atoms with E-state index in [0.717, 1.165) is 36.8 Å². The summed E-state index contributed by atoms with van der Waals surface area (Å²) in [5, 5.41) is 0. The van der Waals surface area contributed by atoms with Crippen LogP contribution in [-0.2, 0) is 33.1 Å². The fraction of sp³-hybridized carbons (Fsp3) is 0.613. The summed E-state index contributed by atoms with van der Waals surface area (Å²) in [7, 11) is -8.18. The van der Waals surface area contributed by atoms with Crippen molar-refractivity contribution in [2.75, 3.05) is 0 Å². The number of rotatable bonds is 19. The zero-order valence-electron chi connectivity index (χ0n) is 24.0. The van der Waals surface area contributed by atoms with Crippen molar-refractivity contribution in [2.45, 2.75) is 133 Å². The summed E-state index contributed by atoms with van der Waals surface area (Å²) in [6, 6.07) is 13.4. The minimum atomic E-state index is -4.09. The highest BCUT2D eigenvalue weighted by molar-refractivity contribution is 7.86. The maximum atomic E-state index is 11.2. The summed E-state index contributed by atoms with van der Waals surface area (Å²) >= 11 is 0. The second-order valence-electron chi connectivity index (χ2n) is 10.3. The molecule has 6 nitrogen and oxygen atoms in total. The van der Waals surface area contributed by atoms with Crippen molar-refractivity contribution in [3.63, 3.8) is 0 Å². The first kappa shape index (κ1) is 35.3. The molecule has 2 rings (SSSR count). The monoisotopic (exact) mass is 582 g/mol. The van der Waals surface area contributed by atoms with Crippen LogP contribution in [0.2, 0.25) is 0 Å². The van der Waals surface area contributed by atoms with Crippen LogP contribution < -0.4 is 0 Å². The molecule has 0 bridgehead atoms. The third-order valence-corrected chi connectivity index (χ3v) is 8.76. The second kappa shape index (κ2) is 20.2. The van der Waals surface area contributed by atoms with Gasteiger partial charge in [0.1, 0.15) is 0 Å². The van der Waals surface area contributed by atoms with Gasteiger partial charge in [-0.15, -0.1) is 0 Å². The molecule has 0 atom stereocenters. The smallest absolute Gasteiger partial charge is 0.282 e. The molecule has 0 aliphatic rings. The van der Waals surface area contributed by atoms with E-state index in [0.29, 0.717) is 12.8 Å². The van der Waals surface area contributed by atoms with E-state index in [1.165, 1.54) is 82.8 Å². The Morgan fingerprint density at radius 3 is 1.05 bits per heavy atom. The number of hydrogen-bond acceptors (Lipinski definition) is 4. The largest absolute Gasteiger partial charge is 0.294 e. The van der Waals surface area contributed by atoms with Crippen molar-refractivity contribution in [1.82, 2.24) is 0 Å². The Bertz CT molecular complexity index is 1130. The Hall–Kier alpha value is -1.74. The molecule has 0 heterocycles. The van der Waals surface area contributed by atoms with Gasteiger partial charge in [-0.25, -0.2) is 0 Å². The average molecular weight is 583 g/mol. The Labute approximate surface area is 238 Å². The number of aryl methyl sites for hydroxylation is 2. The van der Waals surface area contributed by atoms with Gasteiger partial charge in [0.15, 0.2) is 0 Å². The van der Waals surface area contributed by atoms with Gasteiger partial charge in [0.05, 0.1) is 9.79 Å². The van der Waals surface area contributed by atoms with Crippen molar-refractivity contribution < 1.29 is 25.9 Å². The first-order valence-electron chi connectivity index (χ1n) is 14.7. The van der Waals surface area contributed by atoms with Crippen LogP contribution in [0.4, 0.5) is 0 Å². The molecule has 0 radical (unpaired) electrons. The van der Waals surface area contributed by atoms with Gasteiger partial charge in [-0.2, -0.15) is 16.8 Å². The zero-order chi connectivity index (χ0) is 29.0. The van der Waals surface area contributed by atoms with Gasteiger partial charge in [-0.3, -0.25) is 9.11 Å². The van der Waals surface area contributed by atoms with Crippen LogP contribution in [-0.4, -0.2) is 25.9 Å². The topological polar surface area (TPSA) is 109 Å². The van der Waals surface area contributed by atoms with Crippen LogP contribution >= 0.6 is 0 Å². The number of benzene rings is 2. The molecule has 0 saturated heterocycles. The Morgan fingerprint density at radius 1 is 0.462 bits per heavy atom. The zero-order valence-corrected chi connectivity index (χ0v) is 25.6. The van der Waals surface area contributed by atoms with Crippen molar-refractivity contribution in [3.05, 3.63) is 59.7 Å². The highest BCUT2D eigenvalue weighted by atomic mass is 32.2. The molecule has 0 unspecified atom stereocenters. The van der Waals surface area contributed by atoms with Gasteiger partial charge in [-0.05, 0) is 48.9 Å². The molecular weight excluding hydrogens is 532 g/mol. The van der Waals surface area contributed by atoms with Crippen LogP contribution in [0.25, 0.3) is 0 Å². The van der Waals surface area contributed by atoms with Gasteiger partial charge in [0.25, 0.3) is 20.2 Å². The number of hydrogen-bond donors (Lipinski definition) is 2. The predicted molar refractivity (Wildman–Crippen MR) is 161 cm³/mol. The molecule has 0 saturated carbocycles. The molecule has 2 aromatic carbocycles. The molecule has 0 aliphatic carbocycles. The van der Waals surface area contributed by atoms with E-state index in [1.54, 1.807) is 24.3 Å². The van der Waals surface area contributed by atoms with Crippen molar-refractivity contribution in [1.29, 1.82) is 0 Å². The van der Waals surface area contributed by atoms with Gasteiger partial charge in [0.2, 0.25) is 0 Å². The third kappa shape index (κ3) is 16.2. The van der Waals surface area contributed by atoms with E-state index in [2.05, 4.69) is 13.8 Å². The minimum Gasteiger partial charge on any atom is -0.282 e. The summed E-state index contributed by atoms with van der Waals surface area (Å²) in [6.07, 6.45) is 19.6. The molecule has 0 spiro atoms. The molecule has 222 valence electrons. The lowest BCUT2D eigenvalue weighted by atomic mass is 10.0. The highest BCUT2D eigenvalue weighted by Gasteiger charge is 2.14. The molecule has 2 N–H and O–H groups in total. The first-order valence-corrected chi connectivity index (χ1v) is 17.6. The maximum absolute atomic E-state index is 11.2.